The van der Waals surface area contributed by atoms with E-state index in [1.54, 1.807) is 53.7 Å². The summed E-state index contributed by atoms with van der Waals surface area (Å²) in [6.07, 6.45) is 0.125. The van der Waals surface area contributed by atoms with Crippen molar-refractivity contribution in [2.75, 3.05) is 12.4 Å². The number of benzene rings is 2. The smallest absolute Gasteiger partial charge is 0.257 e. The van der Waals surface area contributed by atoms with Gasteiger partial charge in [-0.3, -0.25) is 14.9 Å². The van der Waals surface area contributed by atoms with E-state index in [0.29, 0.717) is 16.4 Å². The number of amides is 2. The van der Waals surface area contributed by atoms with Crippen molar-refractivity contribution in [3.63, 3.8) is 0 Å². The van der Waals surface area contributed by atoms with Crippen LogP contribution in [-0.2, 0) is 11.2 Å². The number of carbonyl (C=O) groups is 2. The molecular formula is C21H20FN3O2S. The number of anilines is 1. The predicted octanol–water partition coefficient (Wildman–Crippen LogP) is 4.30. The van der Waals surface area contributed by atoms with Crippen LogP contribution in [0, 0.1) is 5.82 Å². The van der Waals surface area contributed by atoms with Gasteiger partial charge in [-0.1, -0.05) is 30.3 Å². The third-order valence-corrected chi connectivity index (χ3v) is 5.27. The van der Waals surface area contributed by atoms with E-state index >= 15 is 0 Å². The maximum absolute atomic E-state index is 13.1. The summed E-state index contributed by atoms with van der Waals surface area (Å²) in [6, 6.07) is 14.8. The first-order valence-corrected chi connectivity index (χ1v) is 9.64. The van der Waals surface area contributed by atoms with Gasteiger partial charge in [0, 0.05) is 18.0 Å². The van der Waals surface area contributed by atoms with Crippen LogP contribution in [-0.4, -0.2) is 28.7 Å². The molecule has 0 saturated carbocycles. The van der Waals surface area contributed by atoms with Crippen LogP contribution in [0.2, 0.25) is 0 Å². The average molecular weight is 397 g/mol. The zero-order valence-electron chi connectivity index (χ0n) is 15.6. The lowest BCUT2D eigenvalue weighted by atomic mass is 10.1. The molecule has 3 rings (SSSR count). The van der Waals surface area contributed by atoms with E-state index in [9.17, 15) is 14.0 Å². The molecule has 0 radical (unpaired) electrons. The van der Waals surface area contributed by atoms with E-state index < -0.39 is 0 Å². The lowest BCUT2D eigenvalue weighted by Crippen LogP contribution is -2.31. The molecule has 1 atom stereocenters. The first-order chi connectivity index (χ1) is 13.4. The second kappa shape index (κ2) is 8.75. The minimum Gasteiger partial charge on any atom is -0.339 e. The first-order valence-electron chi connectivity index (χ1n) is 8.76. The van der Waals surface area contributed by atoms with E-state index in [1.165, 1.54) is 23.5 Å². The number of hydrogen-bond donors (Lipinski definition) is 1. The number of aromatic nitrogens is 1. The number of carbonyl (C=O) groups excluding carboxylic acids is 2. The third-order valence-electron chi connectivity index (χ3n) is 4.47. The molecule has 5 nitrogen and oxygen atoms in total. The molecular weight excluding hydrogens is 377 g/mol. The monoisotopic (exact) mass is 397 g/mol. The highest BCUT2D eigenvalue weighted by Crippen LogP contribution is 2.21. The Kier molecular flexibility index (Phi) is 6.16. The van der Waals surface area contributed by atoms with Crippen LogP contribution >= 0.6 is 11.3 Å². The van der Waals surface area contributed by atoms with Gasteiger partial charge in [0.2, 0.25) is 5.91 Å². The van der Waals surface area contributed by atoms with E-state index in [4.69, 9.17) is 0 Å². The van der Waals surface area contributed by atoms with Gasteiger partial charge in [0.25, 0.3) is 5.91 Å². The summed E-state index contributed by atoms with van der Waals surface area (Å²) in [7, 11) is 1.71. The molecule has 2 aromatic carbocycles. The van der Waals surface area contributed by atoms with Crippen molar-refractivity contribution in [3.05, 3.63) is 82.6 Å². The Balaban J connectivity index is 1.60. The van der Waals surface area contributed by atoms with E-state index in [-0.39, 0.29) is 30.1 Å². The molecule has 1 N–H and O–H groups in total. The highest BCUT2D eigenvalue weighted by molar-refractivity contribution is 7.14. The molecule has 1 aromatic heterocycles. The van der Waals surface area contributed by atoms with Gasteiger partial charge in [-0.15, -0.1) is 11.3 Å². The quantitative estimate of drug-likeness (QED) is 0.675. The summed E-state index contributed by atoms with van der Waals surface area (Å²) in [5.41, 5.74) is 1.99. The summed E-state index contributed by atoms with van der Waals surface area (Å²) in [5, 5.41) is 4.95. The van der Waals surface area contributed by atoms with Crippen LogP contribution in [0.25, 0.3) is 0 Å². The Morgan fingerprint density at radius 1 is 1.14 bits per heavy atom. The Morgan fingerprint density at radius 2 is 1.82 bits per heavy atom. The van der Waals surface area contributed by atoms with Crippen LogP contribution in [0.3, 0.4) is 0 Å². The van der Waals surface area contributed by atoms with Crippen LogP contribution in [0.5, 0.6) is 0 Å². The molecule has 0 fully saturated rings. The Bertz CT molecular complexity index is 957. The summed E-state index contributed by atoms with van der Waals surface area (Å²) in [4.78, 5) is 30.7. The minimum absolute atomic E-state index is 0.108. The standard InChI is InChI=1S/C21H20FN3O2S/c1-14(15-8-10-17(22)11-9-15)25(2)19(26)12-18-13-28-21(23-18)24-20(27)16-6-4-3-5-7-16/h3-11,13-14H,12H2,1-2H3,(H,23,24,27)/t14-/m1/s1. The van der Waals surface area contributed by atoms with E-state index in [1.807, 2.05) is 13.0 Å². The van der Waals surface area contributed by atoms with Gasteiger partial charge in [0.1, 0.15) is 5.82 Å². The van der Waals surface area contributed by atoms with E-state index in [0.717, 1.165) is 5.56 Å². The largest absolute Gasteiger partial charge is 0.339 e. The molecule has 0 aliphatic rings. The van der Waals surface area contributed by atoms with Gasteiger partial charge >= 0.3 is 0 Å². The van der Waals surface area contributed by atoms with Gasteiger partial charge < -0.3 is 4.90 Å². The molecule has 7 heteroatoms. The number of likely N-dealkylation sites (N-methyl/N-ethyl adjacent to an activating group) is 1. The van der Waals surface area contributed by atoms with Crippen molar-refractivity contribution in [2.24, 2.45) is 0 Å². The van der Waals surface area contributed by atoms with Gasteiger partial charge in [0.05, 0.1) is 18.2 Å². The number of halogens is 1. The third kappa shape index (κ3) is 4.80. The fraction of sp³-hybridized carbons (Fsp3) is 0.190. The molecule has 2 amide bonds. The van der Waals surface area contributed by atoms with Gasteiger partial charge in [-0.2, -0.15) is 0 Å². The second-order valence-electron chi connectivity index (χ2n) is 6.37. The van der Waals surface area contributed by atoms with Gasteiger partial charge in [-0.25, -0.2) is 9.37 Å². The Morgan fingerprint density at radius 3 is 2.50 bits per heavy atom. The molecule has 0 spiro atoms. The van der Waals surface area contributed by atoms with Crippen LogP contribution in [0.15, 0.2) is 60.0 Å². The summed E-state index contributed by atoms with van der Waals surface area (Å²) >= 11 is 1.28. The fourth-order valence-corrected chi connectivity index (χ4v) is 3.37. The fourth-order valence-electron chi connectivity index (χ4n) is 2.66. The molecule has 0 saturated heterocycles. The minimum atomic E-state index is -0.308. The van der Waals surface area contributed by atoms with Gasteiger partial charge in [-0.05, 0) is 36.8 Å². The number of nitrogens with one attached hydrogen (secondary N) is 1. The average Bonchev–Trinajstić information content (AvgIpc) is 3.14. The number of thiazole rings is 1. The molecule has 144 valence electrons. The summed E-state index contributed by atoms with van der Waals surface area (Å²) < 4.78 is 13.1. The first kappa shape index (κ1) is 19.7. The van der Waals surface area contributed by atoms with Crippen molar-refractivity contribution in [2.45, 2.75) is 19.4 Å². The zero-order chi connectivity index (χ0) is 20.1. The SMILES string of the molecule is C[C@H](c1ccc(F)cc1)N(C)C(=O)Cc1csc(NC(=O)c2ccccc2)n1. The van der Waals surface area contributed by atoms with Crippen LogP contribution in [0.1, 0.15) is 34.6 Å². The molecule has 0 aliphatic heterocycles. The molecule has 0 unspecified atom stereocenters. The topological polar surface area (TPSA) is 62.3 Å². The zero-order valence-corrected chi connectivity index (χ0v) is 16.4. The molecule has 0 aliphatic carbocycles. The summed E-state index contributed by atoms with van der Waals surface area (Å²) in [5.74, 6) is -0.657. The van der Waals surface area contributed by atoms with Crippen LogP contribution < -0.4 is 5.32 Å². The molecule has 28 heavy (non-hydrogen) atoms. The maximum atomic E-state index is 13.1. The highest BCUT2D eigenvalue weighted by atomic mass is 32.1. The number of hydrogen-bond acceptors (Lipinski definition) is 4. The summed E-state index contributed by atoms with van der Waals surface area (Å²) in [6.45, 7) is 1.89. The van der Waals surface area contributed by atoms with Crippen molar-refractivity contribution >= 4 is 28.3 Å². The Labute approximate surface area is 166 Å². The van der Waals surface area contributed by atoms with Crippen molar-refractivity contribution in [3.8, 4) is 0 Å². The van der Waals surface area contributed by atoms with E-state index in [2.05, 4.69) is 10.3 Å². The Hall–Kier alpha value is -3.06. The molecule has 3 aromatic rings. The lowest BCUT2D eigenvalue weighted by Gasteiger charge is -2.25. The highest BCUT2D eigenvalue weighted by Gasteiger charge is 2.19. The van der Waals surface area contributed by atoms with Crippen molar-refractivity contribution in [1.29, 1.82) is 0 Å². The van der Waals surface area contributed by atoms with Crippen molar-refractivity contribution in [1.82, 2.24) is 9.88 Å². The van der Waals surface area contributed by atoms with Crippen LogP contribution in [0.4, 0.5) is 9.52 Å². The normalized spacial score (nSPS) is 11.7. The number of nitrogens with zero attached hydrogens (tertiary/aromatic N) is 2. The molecule has 0 bridgehead atoms. The molecule has 1 heterocycles. The van der Waals surface area contributed by atoms with Gasteiger partial charge in [0.15, 0.2) is 5.13 Å². The maximum Gasteiger partial charge on any atom is 0.257 e. The lowest BCUT2D eigenvalue weighted by molar-refractivity contribution is -0.131. The predicted molar refractivity (Wildman–Crippen MR) is 108 cm³/mol. The number of rotatable bonds is 6. The second-order valence-corrected chi connectivity index (χ2v) is 7.23. The van der Waals surface area contributed by atoms with Crippen molar-refractivity contribution < 1.29 is 14.0 Å².